The van der Waals surface area contributed by atoms with Gasteiger partial charge >= 0.3 is 5.97 Å². The number of carbonyl (C=O) groups excluding carboxylic acids is 2. The van der Waals surface area contributed by atoms with Crippen molar-refractivity contribution in [1.82, 2.24) is 10.2 Å². The van der Waals surface area contributed by atoms with Gasteiger partial charge in [0.05, 0.1) is 18.5 Å². The number of hydrogen-bond donors (Lipinski definition) is 3. The van der Waals surface area contributed by atoms with Crippen LogP contribution in [-0.4, -0.2) is 53.5 Å². The third-order valence-electron chi connectivity index (χ3n) is 3.72. The highest BCUT2D eigenvalue weighted by atomic mass is 16.4. The van der Waals surface area contributed by atoms with Gasteiger partial charge < -0.3 is 21.1 Å². The highest BCUT2D eigenvalue weighted by molar-refractivity contribution is 5.88. The molecule has 1 fully saturated rings. The van der Waals surface area contributed by atoms with Crippen LogP contribution in [0.5, 0.6) is 0 Å². The average Bonchev–Trinajstić information content (AvgIpc) is 2.76. The van der Waals surface area contributed by atoms with Crippen LogP contribution in [0.1, 0.15) is 20.8 Å². The Hall–Kier alpha value is -1.63. The van der Waals surface area contributed by atoms with Crippen molar-refractivity contribution in [2.45, 2.75) is 26.8 Å². The minimum absolute atomic E-state index is 0.00620. The average molecular weight is 285 g/mol. The van der Waals surface area contributed by atoms with Crippen molar-refractivity contribution >= 4 is 17.8 Å². The number of nitrogens with zero attached hydrogens (tertiary/aromatic N) is 1. The van der Waals surface area contributed by atoms with E-state index in [1.165, 1.54) is 4.90 Å². The van der Waals surface area contributed by atoms with Crippen molar-refractivity contribution in [3.63, 3.8) is 0 Å². The van der Waals surface area contributed by atoms with Gasteiger partial charge in [-0.25, -0.2) is 0 Å². The summed E-state index contributed by atoms with van der Waals surface area (Å²) >= 11 is 0. The molecule has 20 heavy (non-hydrogen) atoms. The van der Waals surface area contributed by atoms with Gasteiger partial charge in [-0.15, -0.1) is 0 Å². The molecule has 2 amide bonds. The van der Waals surface area contributed by atoms with Crippen LogP contribution in [0.15, 0.2) is 0 Å². The Labute approximate surface area is 118 Å². The third-order valence-corrected chi connectivity index (χ3v) is 3.72. The van der Waals surface area contributed by atoms with E-state index in [1.807, 2.05) is 13.8 Å². The monoisotopic (exact) mass is 285 g/mol. The SMILES string of the molecule is CC(C)[C@H](N)C(=O)NCC(=O)N1C[C@@H](C)[C@H](C(=O)O)C1. The smallest absolute Gasteiger partial charge is 0.308 e. The Morgan fingerprint density at radius 2 is 1.95 bits per heavy atom. The molecule has 1 aliphatic heterocycles. The molecule has 0 spiro atoms. The zero-order chi connectivity index (χ0) is 15.4. The van der Waals surface area contributed by atoms with Crippen molar-refractivity contribution in [2.75, 3.05) is 19.6 Å². The van der Waals surface area contributed by atoms with Crippen LogP contribution in [0.2, 0.25) is 0 Å². The standard InChI is InChI=1S/C13H23N3O4/c1-7(2)11(14)12(18)15-4-10(17)16-5-8(3)9(6-16)13(19)20/h7-9,11H,4-6,14H2,1-3H3,(H,15,18)(H,19,20)/t8-,9-,11+/m1/s1. The maximum absolute atomic E-state index is 11.9. The lowest BCUT2D eigenvalue weighted by Crippen LogP contribution is -2.47. The number of amides is 2. The molecule has 0 aromatic carbocycles. The Bertz CT molecular complexity index is 397. The molecule has 0 saturated carbocycles. The minimum Gasteiger partial charge on any atom is -0.481 e. The maximum atomic E-state index is 11.9. The van der Waals surface area contributed by atoms with Gasteiger partial charge in [0.1, 0.15) is 0 Å². The number of hydrogen-bond acceptors (Lipinski definition) is 4. The van der Waals surface area contributed by atoms with Crippen molar-refractivity contribution in [3.8, 4) is 0 Å². The Morgan fingerprint density at radius 1 is 1.35 bits per heavy atom. The highest BCUT2D eigenvalue weighted by Gasteiger charge is 2.36. The van der Waals surface area contributed by atoms with Crippen molar-refractivity contribution in [2.24, 2.45) is 23.5 Å². The second-order valence-electron chi connectivity index (χ2n) is 5.71. The molecule has 1 saturated heterocycles. The first-order valence-corrected chi connectivity index (χ1v) is 6.78. The van der Waals surface area contributed by atoms with Gasteiger partial charge in [-0.1, -0.05) is 20.8 Å². The molecular weight excluding hydrogens is 262 g/mol. The zero-order valence-corrected chi connectivity index (χ0v) is 12.1. The first kappa shape index (κ1) is 16.4. The van der Waals surface area contributed by atoms with Gasteiger partial charge in [0.15, 0.2) is 0 Å². The molecule has 0 aromatic rings. The van der Waals surface area contributed by atoms with E-state index in [2.05, 4.69) is 5.32 Å². The highest BCUT2D eigenvalue weighted by Crippen LogP contribution is 2.22. The Morgan fingerprint density at radius 3 is 2.40 bits per heavy atom. The quantitative estimate of drug-likeness (QED) is 0.616. The van der Waals surface area contributed by atoms with Crippen LogP contribution in [0.25, 0.3) is 0 Å². The van der Waals surface area contributed by atoms with E-state index in [0.717, 1.165) is 0 Å². The van der Waals surface area contributed by atoms with E-state index in [-0.39, 0.29) is 36.7 Å². The van der Waals surface area contributed by atoms with Gasteiger partial charge in [0, 0.05) is 13.1 Å². The lowest BCUT2D eigenvalue weighted by Gasteiger charge is -2.18. The Kier molecular flexibility index (Phi) is 5.50. The van der Waals surface area contributed by atoms with E-state index in [9.17, 15) is 14.4 Å². The number of rotatable bonds is 5. The molecule has 7 nitrogen and oxygen atoms in total. The molecule has 1 aliphatic rings. The summed E-state index contributed by atoms with van der Waals surface area (Å²) in [4.78, 5) is 36.0. The van der Waals surface area contributed by atoms with E-state index in [0.29, 0.717) is 6.54 Å². The lowest BCUT2D eigenvalue weighted by molar-refractivity contribution is -0.142. The fourth-order valence-electron chi connectivity index (χ4n) is 2.19. The van der Waals surface area contributed by atoms with Crippen LogP contribution in [0.3, 0.4) is 0 Å². The van der Waals surface area contributed by atoms with E-state index in [4.69, 9.17) is 10.8 Å². The van der Waals surface area contributed by atoms with Gasteiger partial charge in [-0.3, -0.25) is 14.4 Å². The molecule has 0 radical (unpaired) electrons. The van der Waals surface area contributed by atoms with Crippen LogP contribution in [-0.2, 0) is 14.4 Å². The number of nitrogens with two attached hydrogens (primary N) is 1. The predicted octanol–water partition coefficient (Wildman–Crippen LogP) is -0.735. The molecule has 0 aliphatic carbocycles. The third kappa shape index (κ3) is 3.93. The molecule has 1 heterocycles. The van der Waals surface area contributed by atoms with Crippen LogP contribution in [0, 0.1) is 17.8 Å². The lowest BCUT2D eigenvalue weighted by atomic mass is 9.99. The molecule has 1 rings (SSSR count). The second-order valence-corrected chi connectivity index (χ2v) is 5.71. The fourth-order valence-corrected chi connectivity index (χ4v) is 2.19. The number of carboxylic acid groups (broad SMARTS) is 1. The largest absolute Gasteiger partial charge is 0.481 e. The number of likely N-dealkylation sites (tertiary alicyclic amines) is 1. The van der Waals surface area contributed by atoms with Crippen LogP contribution < -0.4 is 11.1 Å². The number of nitrogens with one attached hydrogen (secondary N) is 1. The minimum atomic E-state index is -0.890. The molecule has 114 valence electrons. The predicted molar refractivity (Wildman–Crippen MR) is 72.7 cm³/mol. The van der Waals surface area contributed by atoms with Crippen molar-refractivity contribution in [1.29, 1.82) is 0 Å². The summed E-state index contributed by atoms with van der Waals surface area (Å²) in [6.45, 7) is 5.92. The van der Waals surface area contributed by atoms with E-state index < -0.39 is 17.9 Å². The van der Waals surface area contributed by atoms with Crippen LogP contribution >= 0.6 is 0 Å². The summed E-state index contributed by atoms with van der Waals surface area (Å²) in [6, 6.07) is -0.646. The fraction of sp³-hybridized carbons (Fsp3) is 0.769. The Balaban J connectivity index is 2.45. The molecule has 4 N–H and O–H groups in total. The zero-order valence-electron chi connectivity index (χ0n) is 12.1. The number of aliphatic carboxylic acids is 1. The number of carbonyl (C=O) groups is 3. The van der Waals surface area contributed by atoms with Crippen molar-refractivity contribution in [3.05, 3.63) is 0 Å². The normalized spacial score (nSPS) is 23.8. The first-order valence-electron chi connectivity index (χ1n) is 6.78. The second kappa shape index (κ2) is 6.69. The molecule has 3 atom stereocenters. The summed E-state index contributed by atoms with van der Waals surface area (Å²) in [7, 11) is 0. The van der Waals surface area contributed by atoms with Gasteiger partial charge in [0.2, 0.25) is 11.8 Å². The molecular formula is C13H23N3O4. The van der Waals surface area contributed by atoms with E-state index in [1.54, 1.807) is 6.92 Å². The molecule has 0 bridgehead atoms. The summed E-state index contributed by atoms with van der Waals surface area (Å²) in [6.07, 6.45) is 0. The summed E-state index contributed by atoms with van der Waals surface area (Å²) in [5.41, 5.74) is 5.67. The summed E-state index contributed by atoms with van der Waals surface area (Å²) in [5, 5.41) is 11.5. The molecule has 0 unspecified atom stereocenters. The van der Waals surface area contributed by atoms with Gasteiger partial charge in [0.25, 0.3) is 0 Å². The molecule has 0 aromatic heterocycles. The van der Waals surface area contributed by atoms with E-state index >= 15 is 0 Å². The maximum Gasteiger partial charge on any atom is 0.308 e. The first-order chi connectivity index (χ1) is 9.23. The topological polar surface area (TPSA) is 113 Å². The van der Waals surface area contributed by atoms with Crippen LogP contribution in [0.4, 0.5) is 0 Å². The summed E-state index contributed by atoms with van der Waals surface area (Å²) in [5.74, 6) is -2.15. The van der Waals surface area contributed by atoms with Gasteiger partial charge in [-0.05, 0) is 11.8 Å². The van der Waals surface area contributed by atoms with Crippen molar-refractivity contribution < 1.29 is 19.5 Å². The molecule has 7 heteroatoms. The number of carboxylic acids is 1. The summed E-state index contributed by atoms with van der Waals surface area (Å²) < 4.78 is 0. The van der Waals surface area contributed by atoms with Gasteiger partial charge in [-0.2, -0.15) is 0 Å².